The molecule has 3 rings (SSSR count). The first-order chi connectivity index (χ1) is 9.31. The molecule has 2 heteroatoms. The molecule has 98 valence electrons. The molecular formula is C17H18O2. The second-order valence-corrected chi connectivity index (χ2v) is 5.05. The molecule has 1 unspecified atom stereocenters. The molecule has 2 nitrogen and oxygen atoms in total. The van der Waals surface area contributed by atoms with Gasteiger partial charge >= 0.3 is 0 Å². The normalized spacial score (nSPS) is 16.1. The van der Waals surface area contributed by atoms with Gasteiger partial charge in [-0.3, -0.25) is 0 Å². The van der Waals surface area contributed by atoms with Crippen molar-refractivity contribution in [2.75, 3.05) is 7.11 Å². The van der Waals surface area contributed by atoms with E-state index in [1.54, 1.807) is 7.11 Å². The van der Waals surface area contributed by atoms with Gasteiger partial charge in [0.15, 0.2) is 0 Å². The fourth-order valence-corrected chi connectivity index (χ4v) is 2.59. The van der Waals surface area contributed by atoms with Crippen molar-refractivity contribution in [3.63, 3.8) is 0 Å². The first-order valence-corrected chi connectivity index (χ1v) is 6.71. The third-order valence-electron chi connectivity index (χ3n) is 3.74. The van der Waals surface area contributed by atoms with Crippen molar-refractivity contribution < 1.29 is 9.84 Å². The summed E-state index contributed by atoms with van der Waals surface area (Å²) in [6.45, 7) is 0. The maximum atomic E-state index is 10.7. The van der Waals surface area contributed by atoms with Crippen LogP contribution in [0, 0.1) is 0 Å². The number of rotatable bonds is 4. The Morgan fingerprint density at radius 3 is 2.32 bits per heavy atom. The molecule has 2 aromatic rings. The molecule has 1 atom stereocenters. The van der Waals surface area contributed by atoms with Gasteiger partial charge in [0.2, 0.25) is 0 Å². The Morgan fingerprint density at radius 2 is 1.63 bits per heavy atom. The van der Waals surface area contributed by atoms with Crippen LogP contribution < -0.4 is 4.74 Å². The van der Waals surface area contributed by atoms with Crippen molar-refractivity contribution in [3.05, 3.63) is 65.2 Å². The average Bonchev–Trinajstić information content (AvgIpc) is 3.31. The molecule has 0 radical (unpaired) electrons. The van der Waals surface area contributed by atoms with Crippen LogP contribution in [0.25, 0.3) is 0 Å². The van der Waals surface area contributed by atoms with Crippen LogP contribution in [0.1, 0.15) is 41.6 Å². The minimum Gasteiger partial charge on any atom is -0.496 e. The van der Waals surface area contributed by atoms with Crippen LogP contribution in [0.15, 0.2) is 48.5 Å². The van der Waals surface area contributed by atoms with Gasteiger partial charge in [0.1, 0.15) is 11.9 Å². The largest absolute Gasteiger partial charge is 0.496 e. The van der Waals surface area contributed by atoms with Gasteiger partial charge in [-0.2, -0.15) is 0 Å². The highest BCUT2D eigenvalue weighted by Gasteiger charge is 2.28. The minimum atomic E-state index is -0.618. The Morgan fingerprint density at radius 1 is 1.00 bits per heavy atom. The third-order valence-corrected chi connectivity index (χ3v) is 3.74. The number of para-hydroxylation sites is 1. The summed E-state index contributed by atoms with van der Waals surface area (Å²) in [5.41, 5.74) is 3.12. The van der Waals surface area contributed by atoms with Crippen molar-refractivity contribution in [2.45, 2.75) is 24.9 Å². The molecule has 1 fully saturated rings. The highest BCUT2D eigenvalue weighted by Crippen LogP contribution is 2.44. The zero-order valence-electron chi connectivity index (χ0n) is 11.0. The first kappa shape index (κ1) is 12.2. The highest BCUT2D eigenvalue weighted by atomic mass is 16.5. The quantitative estimate of drug-likeness (QED) is 0.902. The second kappa shape index (κ2) is 5.06. The lowest BCUT2D eigenvalue weighted by Gasteiger charge is -2.18. The maximum Gasteiger partial charge on any atom is 0.125 e. The van der Waals surface area contributed by atoms with E-state index in [4.69, 9.17) is 4.74 Å². The smallest absolute Gasteiger partial charge is 0.125 e. The zero-order chi connectivity index (χ0) is 13.2. The van der Waals surface area contributed by atoms with Gasteiger partial charge in [-0.05, 0) is 36.0 Å². The van der Waals surface area contributed by atoms with E-state index in [-0.39, 0.29) is 0 Å². The molecule has 19 heavy (non-hydrogen) atoms. The minimum absolute atomic E-state index is 0.618. The van der Waals surface area contributed by atoms with Gasteiger partial charge in [-0.1, -0.05) is 42.5 Å². The molecule has 0 aromatic heterocycles. The predicted molar refractivity (Wildman–Crippen MR) is 75.5 cm³/mol. The molecular weight excluding hydrogens is 236 g/mol. The monoisotopic (exact) mass is 254 g/mol. The van der Waals surface area contributed by atoms with Crippen LogP contribution in [0.5, 0.6) is 5.75 Å². The number of hydrogen-bond acceptors (Lipinski definition) is 2. The summed E-state index contributed by atoms with van der Waals surface area (Å²) in [5.74, 6) is 1.36. The molecule has 1 aliphatic rings. The van der Waals surface area contributed by atoms with Crippen LogP contribution in [0.4, 0.5) is 0 Å². The van der Waals surface area contributed by atoms with Crippen molar-refractivity contribution in [3.8, 4) is 5.75 Å². The molecule has 0 aliphatic heterocycles. The summed E-state index contributed by atoms with van der Waals surface area (Å²) < 4.78 is 5.34. The molecule has 0 amide bonds. The van der Waals surface area contributed by atoms with Gasteiger partial charge in [-0.25, -0.2) is 0 Å². The van der Waals surface area contributed by atoms with E-state index in [0.29, 0.717) is 5.92 Å². The number of benzene rings is 2. The molecule has 0 heterocycles. The van der Waals surface area contributed by atoms with Crippen LogP contribution in [-0.2, 0) is 0 Å². The summed E-state index contributed by atoms with van der Waals surface area (Å²) in [7, 11) is 1.64. The topological polar surface area (TPSA) is 29.5 Å². The Bertz CT molecular complexity index is 573. The first-order valence-electron chi connectivity index (χ1n) is 6.71. The summed E-state index contributed by atoms with van der Waals surface area (Å²) in [6, 6.07) is 15.8. The van der Waals surface area contributed by atoms with E-state index in [2.05, 4.69) is 6.07 Å². The van der Waals surface area contributed by atoms with Gasteiger partial charge in [-0.15, -0.1) is 0 Å². The van der Waals surface area contributed by atoms with E-state index in [1.807, 2.05) is 42.5 Å². The standard InChI is InChI=1S/C17H18O2/c1-19-16-9-5-4-8-15(16)17(18)14-7-3-2-6-13(14)12-10-11-12/h2-9,12,17-18H,10-11H2,1H3. The zero-order valence-corrected chi connectivity index (χ0v) is 11.0. The van der Waals surface area contributed by atoms with E-state index >= 15 is 0 Å². The van der Waals surface area contributed by atoms with Crippen LogP contribution in [0.2, 0.25) is 0 Å². The number of methoxy groups -OCH3 is 1. The molecule has 0 spiro atoms. The van der Waals surface area contributed by atoms with Crippen molar-refractivity contribution in [1.29, 1.82) is 0 Å². The summed E-state index contributed by atoms with van der Waals surface area (Å²) in [4.78, 5) is 0. The Labute approximate surface area is 113 Å². The van der Waals surface area contributed by atoms with Crippen molar-refractivity contribution in [2.24, 2.45) is 0 Å². The molecule has 0 saturated heterocycles. The summed E-state index contributed by atoms with van der Waals surface area (Å²) in [5, 5.41) is 10.7. The highest BCUT2D eigenvalue weighted by molar-refractivity contribution is 5.44. The van der Waals surface area contributed by atoms with Gasteiger partial charge < -0.3 is 9.84 Å². The maximum absolute atomic E-state index is 10.7. The number of ether oxygens (including phenoxy) is 1. The lowest BCUT2D eigenvalue weighted by atomic mass is 9.94. The molecule has 1 aliphatic carbocycles. The average molecular weight is 254 g/mol. The number of aliphatic hydroxyl groups is 1. The molecule has 1 N–H and O–H groups in total. The fraction of sp³-hybridized carbons (Fsp3) is 0.294. The third kappa shape index (κ3) is 2.36. The fourth-order valence-electron chi connectivity index (χ4n) is 2.59. The Balaban J connectivity index is 2.01. The molecule has 1 saturated carbocycles. The molecule has 0 bridgehead atoms. The van der Waals surface area contributed by atoms with Gasteiger partial charge in [0, 0.05) is 5.56 Å². The number of aliphatic hydroxyl groups excluding tert-OH is 1. The van der Waals surface area contributed by atoms with Crippen molar-refractivity contribution >= 4 is 0 Å². The Kier molecular flexibility index (Phi) is 3.26. The van der Waals surface area contributed by atoms with Crippen LogP contribution in [0.3, 0.4) is 0 Å². The van der Waals surface area contributed by atoms with E-state index in [0.717, 1.165) is 16.9 Å². The van der Waals surface area contributed by atoms with Crippen LogP contribution in [-0.4, -0.2) is 12.2 Å². The van der Waals surface area contributed by atoms with Crippen molar-refractivity contribution in [1.82, 2.24) is 0 Å². The Hall–Kier alpha value is -1.80. The lowest BCUT2D eigenvalue weighted by Crippen LogP contribution is -2.05. The summed E-state index contributed by atoms with van der Waals surface area (Å²) >= 11 is 0. The summed E-state index contributed by atoms with van der Waals surface area (Å²) in [6.07, 6.45) is 1.85. The SMILES string of the molecule is COc1ccccc1C(O)c1ccccc1C1CC1. The van der Waals surface area contributed by atoms with E-state index < -0.39 is 6.10 Å². The van der Waals surface area contributed by atoms with Crippen LogP contribution >= 0.6 is 0 Å². The van der Waals surface area contributed by atoms with E-state index in [1.165, 1.54) is 18.4 Å². The second-order valence-electron chi connectivity index (χ2n) is 5.05. The molecule has 2 aromatic carbocycles. The van der Waals surface area contributed by atoms with Gasteiger partial charge in [0.25, 0.3) is 0 Å². The lowest BCUT2D eigenvalue weighted by molar-refractivity contribution is 0.213. The predicted octanol–water partition coefficient (Wildman–Crippen LogP) is 3.65. The van der Waals surface area contributed by atoms with Gasteiger partial charge in [0.05, 0.1) is 7.11 Å². The number of hydrogen-bond donors (Lipinski definition) is 1. The van der Waals surface area contributed by atoms with E-state index in [9.17, 15) is 5.11 Å².